The molecule has 1 heterocycles. The topological polar surface area (TPSA) is 79.2 Å². The number of amidine groups is 1. The Morgan fingerprint density at radius 2 is 1.94 bits per heavy atom. The highest BCUT2D eigenvalue weighted by Gasteiger charge is 2.32. The van der Waals surface area contributed by atoms with Gasteiger partial charge < -0.3 is 9.84 Å². The summed E-state index contributed by atoms with van der Waals surface area (Å²) >= 11 is 16.8. The molecule has 0 atom stereocenters. The van der Waals surface area contributed by atoms with Crippen LogP contribution >= 0.6 is 50.9 Å². The maximum Gasteiger partial charge on any atom is 0.335 e. The Balaban J connectivity index is 1.62. The Kier molecular flexibility index (Phi) is 8.41. The largest absolute Gasteiger partial charge is 0.488 e. The van der Waals surface area contributed by atoms with Crippen LogP contribution < -0.4 is 4.74 Å². The van der Waals surface area contributed by atoms with Gasteiger partial charge >= 0.3 is 5.97 Å². The zero-order valence-corrected chi connectivity index (χ0v) is 22.8. The number of carbonyl (C=O) groups is 2. The molecule has 0 bridgehead atoms. The fourth-order valence-corrected chi connectivity index (χ4v) is 5.14. The SMILES string of the molecule is CCN1C(=O)C(=Cc2cc(Br)ccc2OCc2ccc(Cl)c(Cl)c2)SC1=Nc1cccc(C(=O)O)c1. The van der Waals surface area contributed by atoms with Crippen LogP contribution in [-0.2, 0) is 11.4 Å². The summed E-state index contributed by atoms with van der Waals surface area (Å²) in [6, 6.07) is 17.1. The Morgan fingerprint density at radius 1 is 1.14 bits per heavy atom. The molecule has 36 heavy (non-hydrogen) atoms. The number of halogens is 3. The summed E-state index contributed by atoms with van der Waals surface area (Å²) in [7, 11) is 0. The lowest BCUT2D eigenvalue weighted by atomic mass is 10.1. The summed E-state index contributed by atoms with van der Waals surface area (Å²) in [5, 5.41) is 10.6. The van der Waals surface area contributed by atoms with E-state index >= 15 is 0 Å². The normalized spacial score (nSPS) is 15.7. The van der Waals surface area contributed by atoms with E-state index in [4.69, 9.17) is 27.9 Å². The van der Waals surface area contributed by atoms with Gasteiger partial charge in [0.2, 0.25) is 0 Å². The number of carboxylic acid groups (broad SMARTS) is 1. The highest BCUT2D eigenvalue weighted by Crippen LogP contribution is 2.36. The quantitative estimate of drug-likeness (QED) is 0.280. The van der Waals surface area contributed by atoms with Gasteiger partial charge in [-0.05, 0) is 78.9 Å². The first-order valence-corrected chi connectivity index (χ1v) is 13.1. The van der Waals surface area contributed by atoms with Gasteiger partial charge in [0.05, 0.1) is 26.2 Å². The number of amides is 1. The van der Waals surface area contributed by atoms with E-state index in [0.29, 0.717) is 43.7 Å². The van der Waals surface area contributed by atoms with Crippen molar-refractivity contribution in [1.82, 2.24) is 4.90 Å². The Hall–Kier alpha value is -2.78. The van der Waals surface area contributed by atoms with Gasteiger partial charge in [-0.25, -0.2) is 9.79 Å². The molecule has 0 saturated carbocycles. The van der Waals surface area contributed by atoms with Crippen molar-refractivity contribution < 1.29 is 19.4 Å². The maximum absolute atomic E-state index is 13.1. The first kappa shape index (κ1) is 26.3. The molecule has 0 spiro atoms. The average molecular weight is 606 g/mol. The number of aliphatic imine (C=N–C) groups is 1. The lowest BCUT2D eigenvalue weighted by Gasteiger charge is -2.12. The molecule has 1 saturated heterocycles. The molecule has 184 valence electrons. The van der Waals surface area contributed by atoms with Gasteiger partial charge in [0.1, 0.15) is 12.4 Å². The van der Waals surface area contributed by atoms with E-state index in [1.807, 2.05) is 31.2 Å². The van der Waals surface area contributed by atoms with Crippen LogP contribution in [0.4, 0.5) is 5.69 Å². The number of carbonyl (C=O) groups excluding carboxylic acids is 1. The lowest BCUT2D eigenvalue weighted by Crippen LogP contribution is -2.28. The number of thioether (sulfide) groups is 1. The van der Waals surface area contributed by atoms with Gasteiger partial charge in [-0.1, -0.05) is 51.3 Å². The minimum absolute atomic E-state index is 0.128. The predicted octanol–water partition coefficient (Wildman–Crippen LogP) is 7.66. The van der Waals surface area contributed by atoms with Gasteiger partial charge in [0.15, 0.2) is 5.17 Å². The van der Waals surface area contributed by atoms with Crippen molar-refractivity contribution in [2.75, 3.05) is 6.54 Å². The van der Waals surface area contributed by atoms with Crippen LogP contribution in [0.5, 0.6) is 5.75 Å². The van der Waals surface area contributed by atoms with Gasteiger partial charge in [0.25, 0.3) is 5.91 Å². The van der Waals surface area contributed by atoms with Crippen LogP contribution in [0.15, 0.2) is 75.0 Å². The number of aromatic carboxylic acids is 1. The smallest absolute Gasteiger partial charge is 0.335 e. The second-order valence-electron chi connectivity index (χ2n) is 7.63. The molecular formula is C26H19BrCl2N2O4S. The van der Waals surface area contributed by atoms with Gasteiger partial charge in [0, 0.05) is 16.6 Å². The maximum atomic E-state index is 13.1. The highest BCUT2D eigenvalue weighted by molar-refractivity contribution is 9.10. The van der Waals surface area contributed by atoms with E-state index in [1.54, 1.807) is 35.2 Å². The number of nitrogens with zero attached hydrogens (tertiary/aromatic N) is 2. The molecule has 3 aromatic carbocycles. The van der Waals surface area contributed by atoms with Crippen LogP contribution in [0.3, 0.4) is 0 Å². The predicted molar refractivity (Wildman–Crippen MR) is 148 cm³/mol. The van der Waals surface area contributed by atoms with Crippen molar-refractivity contribution in [3.63, 3.8) is 0 Å². The third-order valence-corrected chi connectivity index (χ3v) is 7.40. The summed E-state index contributed by atoms with van der Waals surface area (Å²) in [6.07, 6.45) is 1.76. The molecule has 10 heteroatoms. The number of benzene rings is 3. The molecular weight excluding hydrogens is 587 g/mol. The first-order chi connectivity index (χ1) is 17.2. The first-order valence-electron chi connectivity index (χ1n) is 10.7. The lowest BCUT2D eigenvalue weighted by molar-refractivity contribution is -0.122. The Bertz CT molecular complexity index is 1410. The van der Waals surface area contributed by atoms with Crippen molar-refractivity contribution in [2.24, 2.45) is 4.99 Å². The highest BCUT2D eigenvalue weighted by atomic mass is 79.9. The Morgan fingerprint density at radius 3 is 2.67 bits per heavy atom. The van der Waals surface area contributed by atoms with E-state index in [1.165, 1.54) is 23.9 Å². The molecule has 1 aliphatic rings. The van der Waals surface area contributed by atoms with E-state index in [-0.39, 0.29) is 18.1 Å². The van der Waals surface area contributed by atoms with Crippen LogP contribution in [-0.4, -0.2) is 33.6 Å². The van der Waals surface area contributed by atoms with E-state index in [0.717, 1.165) is 10.0 Å². The molecule has 6 nitrogen and oxygen atoms in total. The summed E-state index contributed by atoms with van der Waals surface area (Å²) in [4.78, 5) is 31.0. The molecule has 0 aliphatic carbocycles. The Labute approximate surface area is 230 Å². The summed E-state index contributed by atoms with van der Waals surface area (Å²) in [6.45, 7) is 2.54. The monoisotopic (exact) mass is 604 g/mol. The summed E-state index contributed by atoms with van der Waals surface area (Å²) in [5.74, 6) is -0.637. The van der Waals surface area contributed by atoms with Gasteiger partial charge in [-0.3, -0.25) is 9.69 Å². The molecule has 1 fully saturated rings. The molecule has 0 radical (unpaired) electrons. The average Bonchev–Trinajstić information content (AvgIpc) is 3.14. The number of likely N-dealkylation sites (N-methyl/N-ethyl adjacent to an activating group) is 1. The molecule has 1 N–H and O–H groups in total. The fourth-order valence-electron chi connectivity index (χ4n) is 3.38. The molecule has 0 aromatic heterocycles. The number of rotatable bonds is 7. The van der Waals surface area contributed by atoms with Gasteiger partial charge in [-0.15, -0.1) is 0 Å². The number of hydrogen-bond donors (Lipinski definition) is 1. The van der Waals surface area contributed by atoms with Crippen LogP contribution in [0.2, 0.25) is 10.0 Å². The van der Waals surface area contributed by atoms with E-state index in [9.17, 15) is 14.7 Å². The zero-order valence-electron chi connectivity index (χ0n) is 18.9. The standard InChI is InChI=1S/C26H19BrCl2N2O4S/c1-2-31-24(32)23(36-26(31)30-19-5-3-4-16(12-19)25(33)34)13-17-11-18(27)7-9-22(17)35-14-15-6-8-20(28)21(29)10-15/h3-13H,2,14H2,1H3,(H,33,34). The number of hydrogen-bond acceptors (Lipinski definition) is 5. The number of ether oxygens (including phenoxy) is 1. The third kappa shape index (κ3) is 6.13. The van der Waals surface area contributed by atoms with Crippen molar-refractivity contribution in [2.45, 2.75) is 13.5 Å². The summed E-state index contributed by atoms with van der Waals surface area (Å²) in [5.41, 5.74) is 2.15. The second kappa shape index (κ2) is 11.5. The zero-order chi connectivity index (χ0) is 25.8. The fraction of sp³-hybridized carbons (Fsp3) is 0.115. The minimum atomic E-state index is -1.04. The molecule has 3 aromatic rings. The second-order valence-corrected chi connectivity index (χ2v) is 10.4. The van der Waals surface area contributed by atoms with Gasteiger partial charge in [-0.2, -0.15) is 0 Å². The van der Waals surface area contributed by atoms with Crippen molar-refractivity contribution in [3.05, 3.63) is 96.8 Å². The minimum Gasteiger partial charge on any atom is -0.488 e. The molecule has 1 aliphatic heterocycles. The van der Waals surface area contributed by atoms with Crippen LogP contribution in [0.25, 0.3) is 6.08 Å². The van der Waals surface area contributed by atoms with Crippen molar-refractivity contribution >= 4 is 79.7 Å². The molecule has 1 amide bonds. The van der Waals surface area contributed by atoms with Crippen LogP contribution in [0, 0.1) is 0 Å². The number of carboxylic acids is 1. The van der Waals surface area contributed by atoms with Crippen molar-refractivity contribution in [3.8, 4) is 5.75 Å². The van der Waals surface area contributed by atoms with Crippen LogP contribution in [0.1, 0.15) is 28.4 Å². The summed E-state index contributed by atoms with van der Waals surface area (Å²) < 4.78 is 6.87. The van der Waals surface area contributed by atoms with E-state index in [2.05, 4.69) is 20.9 Å². The van der Waals surface area contributed by atoms with Crippen molar-refractivity contribution in [1.29, 1.82) is 0 Å². The van der Waals surface area contributed by atoms with E-state index < -0.39 is 5.97 Å². The third-order valence-electron chi connectivity index (χ3n) is 5.16. The molecule has 0 unspecified atom stereocenters. The molecule has 4 rings (SSSR count).